The number of piperidine rings is 1. The topological polar surface area (TPSA) is 63.4 Å². The second-order valence-electron chi connectivity index (χ2n) is 4.61. The molecule has 8 heteroatoms. The zero-order valence-electron chi connectivity index (χ0n) is 10.6. The van der Waals surface area contributed by atoms with Crippen molar-refractivity contribution in [1.82, 2.24) is 4.31 Å². The summed E-state index contributed by atoms with van der Waals surface area (Å²) in [6, 6.07) is 3.83. The van der Waals surface area contributed by atoms with Gasteiger partial charge in [-0.2, -0.15) is 4.31 Å². The zero-order valence-corrected chi connectivity index (χ0v) is 13.7. The van der Waals surface area contributed by atoms with Crippen LogP contribution >= 0.6 is 35.4 Å². The standard InChI is InChI=1S/C12H14Cl2N2O2S2/c13-9-5-4-8(7-10(9)14)20(17,18)16-6-2-1-3-11(16)12(15)19/h4-5,7,11H,1-3,6H2,(H2,15,19). The van der Waals surface area contributed by atoms with E-state index < -0.39 is 16.1 Å². The van der Waals surface area contributed by atoms with Gasteiger partial charge in [0.05, 0.1) is 26.0 Å². The van der Waals surface area contributed by atoms with Gasteiger partial charge >= 0.3 is 0 Å². The number of thiocarbonyl (C=S) groups is 1. The van der Waals surface area contributed by atoms with E-state index in [1.54, 1.807) is 0 Å². The first-order valence-corrected chi connectivity index (χ1v) is 8.70. The summed E-state index contributed by atoms with van der Waals surface area (Å²) in [6.07, 6.45) is 2.35. The molecule has 1 heterocycles. The van der Waals surface area contributed by atoms with Gasteiger partial charge in [0.1, 0.15) is 0 Å². The van der Waals surface area contributed by atoms with Crippen LogP contribution in [0.2, 0.25) is 10.0 Å². The molecule has 0 saturated carbocycles. The molecule has 1 fully saturated rings. The minimum Gasteiger partial charge on any atom is -0.392 e. The molecule has 4 nitrogen and oxygen atoms in total. The second kappa shape index (κ2) is 6.15. The Balaban J connectivity index is 2.42. The van der Waals surface area contributed by atoms with Gasteiger partial charge in [0.25, 0.3) is 0 Å². The SMILES string of the molecule is NC(=S)C1CCCCN1S(=O)(=O)c1ccc(Cl)c(Cl)c1. The summed E-state index contributed by atoms with van der Waals surface area (Å²) in [6.45, 7) is 0.407. The number of sulfonamides is 1. The highest BCUT2D eigenvalue weighted by Crippen LogP contribution is 2.29. The molecule has 0 spiro atoms. The first-order valence-electron chi connectivity index (χ1n) is 6.10. The molecule has 1 aliphatic heterocycles. The van der Waals surface area contributed by atoms with E-state index in [1.807, 2.05) is 0 Å². The van der Waals surface area contributed by atoms with E-state index in [9.17, 15) is 8.42 Å². The number of rotatable bonds is 3. The predicted molar refractivity (Wildman–Crippen MR) is 84.8 cm³/mol. The molecule has 2 rings (SSSR count). The molecule has 0 radical (unpaired) electrons. The molecule has 2 N–H and O–H groups in total. The fourth-order valence-corrected chi connectivity index (χ4v) is 4.63. The van der Waals surface area contributed by atoms with Crippen molar-refractivity contribution in [3.05, 3.63) is 28.2 Å². The molecule has 1 aromatic rings. The average molecular weight is 353 g/mol. The maximum atomic E-state index is 12.7. The van der Waals surface area contributed by atoms with Crippen LogP contribution in [0.1, 0.15) is 19.3 Å². The Hall–Kier alpha value is -0.400. The Morgan fingerprint density at radius 2 is 2.00 bits per heavy atom. The Morgan fingerprint density at radius 1 is 1.30 bits per heavy atom. The summed E-state index contributed by atoms with van der Waals surface area (Å²) in [7, 11) is -3.67. The summed E-state index contributed by atoms with van der Waals surface area (Å²) in [5.41, 5.74) is 5.66. The highest BCUT2D eigenvalue weighted by Gasteiger charge is 2.35. The van der Waals surface area contributed by atoms with E-state index in [4.69, 9.17) is 41.2 Å². The molecule has 0 bridgehead atoms. The van der Waals surface area contributed by atoms with Crippen LogP contribution < -0.4 is 5.73 Å². The maximum Gasteiger partial charge on any atom is 0.243 e. The Morgan fingerprint density at radius 3 is 2.60 bits per heavy atom. The van der Waals surface area contributed by atoms with Gasteiger partial charge in [-0.1, -0.05) is 41.8 Å². The molecule has 0 aliphatic carbocycles. The van der Waals surface area contributed by atoms with E-state index in [1.165, 1.54) is 22.5 Å². The fourth-order valence-electron chi connectivity index (χ4n) is 2.25. The highest BCUT2D eigenvalue weighted by molar-refractivity contribution is 7.89. The monoisotopic (exact) mass is 352 g/mol. The van der Waals surface area contributed by atoms with Gasteiger partial charge in [0, 0.05) is 6.54 Å². The molecule has 0 aromatic heterocycles. The molecule has 1 aromatic carbocycles. The molecule has 110 valence electrons. The van der Waals surface area contributed by atoms with Crippen LogP contribution in [0.5, 0.6) is 0 Å². The van der Waals surface area contributed by atoms with Crippen molar-refractivity contribution in [3.8, 4) is 0 Å². The predicted octanol–water partition coefficient (Wildman–Crippen LogP) is 2.82. The first kappa shape index (κ1) is 16.0. The van der Waals surface area contributed by atoms with Crippen molar-refractivity contribution < 1.29 is 8.42 Å². The summed E-state index contributed by atoms with van der Waals surface area (Å²) in [4.78, 5) is 0.309. The van der Waals surface area contributed by atoms with E-state index in [0.717, 1.165) is 12.8 Å². The normalized spacial score (nSPS) is 20.8. The van der Waals surface area contributed by atoms with Crippen LogP contribution in [0.25, 0.3) is 0 Å². The summed E-state index contributed by atoms with van der Waals surface area (Å²) < 4.78 is 26.7. The van der Waals surface area contributed by atoms with Crippen LogP contribution in [0.4, 0.5) is 0 Å². The number of halogens is 2. The number of benzene rings is 1. The molecule has 0 amide bonds. The summed E-state index contributed by atoms with van der Waals surface area (Å²) in [5, 5.41) is 0.520. The van der Waals surface area contributed by atoms with Gasteiger partial charge in [-0.3, -0.25) is 0 Å². The van der Waals surface area contributed by atoms with Crippen LogP contribution in [0.3, 0.4) is 0 Å². The highest BCUT2D eigenvalue weighted by atomic mass is 35.5. The lowest BCUT2D eigenvalue weighted by Crippen LogP contribution is -2.49. The van der Waals surface area contributed by atoms with E-state index in [0.29, 0.717) is 18.0 Å². The second-order valence-corrected chi connectivity index (χ2v) is 7.78. The Bertz CT molecular complexity index is 634. The molecule has 1 aliphatic rings. The summed E-state index contributed by atoms with van der Waals surface area (Å²) in [5.74, 6) is 0. The zero-order chi connectivity index (χ0) is 14.9. The van der Waals surface area contributed by atoms with Crippen LogP contribution in [0, 0.1) is 0 Å². The van der Waals surface area contributed by atoms with E-state index in [-0.39, 0.29) is 14.9 Å². The third-order valence-corrected chi connectivity index (χ3v) is 6.20. The van der Waals surface area contributed by atoms with Gasteiger partial charge in [0.15, 0.2) is 0 Å². The number of hydrogen-bond acceptors (Lipinski definition) is 3. The van der Waals surface area contributed by atoms with Gasteiger partial charge < -0.3 is 5.73 Å². The van der Waals surface area contributed by atoms with Crippen molar-refractivity contribution >= 4 is 50.4 Å². The van der Waals surface area contributed by atoms with Crippen molar-refractivity contribution in [3.63, 3.8) is 0 Å². The average Bonchev–Trinajstić information content (AvgIpc) is 2.41. The third-order valence-electron chi connectivity index (χ3n) is 3.28. The lowest BCUT2D eigenvalue weighted by Gasteiger charge is -2.33. The largest absolute Gasteiger partial charge is 0.392 e. The van der Waals surface area contributed by atoms with Crippen molar-refractivity contribution in [2.75, 3.05) is 6.54 Å². The molecule has 1 saturated heterocycles. The lowest BCUT2D eigenvalue weighted by molar-refractivity contribution is 0.306. The van der Waals surface area contributed by atoms with E-state index in [2.05, 4.69) is 0 Å². The minimum atomic E-state index is -3.67. The van der Waals surface area contributed by atoms with Gasteiger partial charge in [0.2, 0.25) is 10.0 Å². The lowest BCUT2D eigenvalue weighted by atomic mass is 10.1. The number of nitrogens with two attached hydrogens (primary N) is 1. The van der Waals surface area contributed by atoms with Gasteiger partial charge in [-0.25, -0.2) is 8.42 Å². The minimum absolute atomic E-state index is 0.107. The van der Waals surface area contributed by atoms with Crippen molar-refractivity contribution in [1.29, 1.82) is 0 Å². The van der Waals surface area contributed by atoms with Gasteiger partial charge in [-0.05, 0) is 31.0 Å². The quantitative estimate of drug-likeness (QED) is 0.849. The van der Waals surface area contributed by atoms with Crippen LogP contribution in [-0.4, -0.2) is 30.3 Å². The first-order chi connectivity index (χ1) is 9.34. The number of hydrogen-bond donors (Lipinski definition) is 1. The molecular weight excluding hydrogens is 339 g/mol. The Labute approximate surface area is 133 Å². The van der Waals surface area contributed by atoms with Crippen molar-refractivity contribution in [2.24, 2.45) is 5.73 Å². The molecule has 1 unspecified atom stereocenters. The maximum absolute atomic E-state index is 12.7. The van der Waals surface area contributed by atoms with Crippen LogP contribution in [-0.2, 0) is 10.0 Å². The summed E-state index contributed by atoms with van der Waals surface area (Å²) >= 11 is 16.7. The third kappa shape index (κ3) is 3.09. The van der Waals surface area contributed by atoms with Crippen molar-refractivity contribution in [2.45, 2.75) is 30.2 Å². The molecular formula is C12H14Cl2N2O2S2. The molecule has 1 atom stereocenters. The van der Waals surface area contributed by atoms with Crippen LogP contribution in [0.15, 0.2) is 23.1 Å². The van der Waals surface area contributed by atoms with Gasteiger partial charge in [-0.15, -0.1) is 0 Å². The fraction of sp³-hybridized carbons (Fsp3) is 0.417. The number of nitrogens with zero attached hydrogens (tertiary/aromatic N) is 1. The molecule has 20 heavy (non-hydrogen) atoms. The van der Waals surface area contributed by atoms with E-state index >= 15 is 0 Å². The Kier molecular flexibility index (Phi) is 4.92. The smallest absolute Gasteiger partial charge is 0.243 e.